The van der Waals surface area contributed by atoms with E-state index in [0.717, 1.165) is 16.9 Å². The standard InChI is InChI=1S/C11H10ClN3OS/c12-9-5-7(11(13)17)1-2-10(9)14-6-8-3-4-16-15-8/h1-5,14H,6H2,(H2,13,17). The third kappa shape index (κ3) is 2.95. The summed E-state index contributed by atoms with van der Waals surface area (Å²) in [5, 5.41) is 7.50. The van der Waals surface area contributed by atoms with E-state index in [0.29, 0.717) is 16.6 Å². The van der Waals surface area contributed by atoms with Gasteiger partial charge in [0.05, 0.1) is 17.3 Å². The predicted octanol–water partition coefficient (Wildman–Crippen LogP) is 2.57. The lowest BCUT2D eigenvalue weighted by molar-refractivity contribution is 0.412. The van der Waals surface area contributed by atoms with E-state index in [1.807, 2.05) is 12.1 Å². The molecule has 6 heteroatoms. The van der Waals surface area contributed by atoms with E-state index in [1.54, 1.807) is 12.1 Å². The number of rotatable bonds is 4. The molecule has 1 aromatic heterocycles. The lowest BCUT2D eigenvalue weighted by Gasteiger charge is -2.08. The minimum Gasteiger partial charge on any atom is -0.389 e. The summed E-state index contributed by atoms with van der Waals surface area (Å²) in [6, 6.07) is 7.16. The Morgan fingerprint density at radius 3 is 2.88 bits per heavy atom. The number of thiocarbonyl (C=S) groups is 1. The number of halogens is 1. The van der Waals surface area contributed by atoms with Crippen molar-refractivity contribution in [3.05, 3.63) is 46.8 Å². The average molecular weight is 268 g/mol. The Morgan fingerprint density at radius 2 is 2.29 bits per heavy atom. The van der Waals surface area contributed by atoms with Gasteiger partial charge in [-0.25, -0.2) is 0 Å². The summed E-state index contributed by atoms with van der Waals surface area (Å²) in [6.07, 6.45) is 1.52. The van der Waals surface area contributed by atoms with Crippen LogP contribution in [-0.2, 0) is 6.54 Å². The van der Waals surface area contributed by atoms with E-state index < -0.39 is 0 Å². The van der Waals surface area contributed by atoms with Gasteiger partial charge < -0.3 is 15.6 Å². The predicted molar refractivity (Wildman–Crippen MR) is 71.2 cm³/mol. The number of nitrogens with two attached hydrogens (primary N) is 1. The summed E-state index contributed by atoms with van der Waals surface area (Å²) in [5.74, 6) is 0. The van der Waals surface area contributed by atoms with Gasteiger partial charge in [0, 0.05) is 11.6 Å². The third-order valence-corrected chi connectivity index (χ3v) is 2.75. The Balaban J connectivity index is 2.09. The highest BCUT2D eigenvalue weighted by atomic mass is 35.5. The van der Waals surface area contributed by atoms with Crippen molar-refractivity contribution < 1.29 is 4.52 Å². The van der Waals surface area contributed by atoms with Gasteiger partial charge in [-0.1, -0.05) is 29.0 Å². The average Bonchev–Trinajstić information content (AvgIpc) is 2.80. The maximum Gasteiger partial charge on any atom is 0.124 e. The number of anilines is 1. The van der Waals surface area contributed by atoms with E-state index in [1.165, 1.54) is 6.26 Å². The molecule has 0 saturated heterocycles. The summed E-state index contributed by atoms with van der Waals surface area (Å²) in [6.45, 7) is 0.544. The van der Waals surface area contributed by atoms with Crippen LogP contribution < -0.4 is 11.1 Å². The smallest absolute Gasteiger partial charge is 0.124 e. The molecule has 17 heavy (non-hydrogen) atoms. The number of hydrogen-bond donors (Lipinski definition) is 2. The molecule has 0 saturated carbocycles. The monoisotopic (exact) mass is 267 g/mol. The summed E-state index contributed by atoms with van der Waals surface area (Å²) < 4.78 is 4.73. The quantitative estimate of drug-likeness (QED) is 0.834. The minimum atomic E-state index is 0.329. The molecule has 0 aliphatic heterocycles. The second kappa shape index (κ2) is 5.16. The van der Waals surface area contributed by atoms with E-state index in [9.17, 15) is 0 Å². The fourth-order valence-electron chi connectivity index (χ4n) is 1.33. The maximum atomic E-state index is 6.09. The van der Waals surface area contributed by atoms with Crippen molar-refractivity contribution in [1.82, 2.24) is 5.16 Å². The molecule has 2 rings (SSSR count). The number of aromatic nitrogens is 1. The molecule has 0 bridgehead atoms. The summed E-state index contributed by atoms with van der Waals surface area (Å²) in [4.78, 5) is 0.329. The Hall–Kier alpha value is -1.59. The summed E-state index contributed by atoms with van der Waals surface area (Å²) >= 11 is 11.0. The molecule has 88 valence electrons. The van der Waals surface area contributed by atoms with Crippen molar-refractivity contribution in [3.63, 3.8) is 0 Å². The van der Waals surface area contributed by atoms with Crippen molar-refractivity contribution in [2.45, 2.75) is 6.54 Å². The molecular weight excluding hydrogens is 258 g/mol. The Bertz CT molecular complexity index is 528. The first-order valence-electron chi connectivity index (χ1n) is 4.89. The lowest BCUT2D eigenvalue weighted by atomic mass is 10.2. The van der Waals surface area contributed by atoms with Crippen LogP contribution in [0.2, 0.25) is 5.02 Å². The SMILES string of the molecule is NC(=S)c1ccc(NCc2ccon2)c(Cl)c1. The molecule has 0 amide bonds. The first-order chi connectivity index (χ1) is 8.16. The lowest BCUT2D eigenvalue weighted by Crippen LogP contribution is -2.09. The second-order valence-corrected chi connectivity index (χ2v) is 4.25. The van der Waals surface area contributed by atoms with Gasteiger partial charge in [-0.3, -0.25) is 0 Å². The van der Waals surface area contributed by atoms with E-state index in [4.69, 9.17) is 34.1 Å². The summed E-state index contributed by atoms with van der Waals surface area (Å²) in [7, 11) is 0. The Labute approximate surface area is 109 Å². The third-order valence-electron chi connectivity index (χ3n) is 2.20. The van der Waals surface area contributed by atoms with Crippen molar-refractivity contribution in [2.75, 3.05) is 5.32 Å². The molecule has 1 aromatic carbocycles. The topological polar surface area (TPSA) is 64.1 Å². The van der Waals surface area contributed by atoms with Crippen molar-refractivity contribution >= 4 is 34.5 Å². The van der Waals surface area contributed by atoms with Gasteiger partial charge in [-0.15, -0.1) is 0 Å². The molecule has 4 nitrogen and oxygen atoms in total. The van der Waals surface area contributed by atoms with Crippen LogP contribution in [-0.4, -0.2) is 10.1 Å². The first-order valence-corrected chi connectivity index (χ1v) is 5.68. The number of benzene rings is 1. The first kappa shape index (κ1) is 11.9. The highest BCUT2D eigenvalue weighted by Gasteiger charge is 2.04. The fraction of sp³-hybridized carbons (Fsp3) is 0.0909. The Kier molecular flexibility index (Phi) is 3.61. The van der Waals surface area contributed by atoms with Crippen LogP contribution in [0.1, 0.15) is 11.3 Å². The van der Waals surface area contributed by atoms with Crippen LogP contribution in [0.4, 0.5) is 5.69 Å². The Morgan fingerprint density at radius 1 is 1.47 bits per heavy atom. The van der Waals surface area contributed by atoms with Crippen LogP contribution >= 0.6 is 23.8 Å². The molecule has 0 spiro atoms. The van der Waals surface area contributed by atoms with E-state index in [-0.39, 0.29) is 0 Å². The van der Waals surface area contributed by atoms with Crippen molar-refractivity contribution in [2.24, 2.45) is 5.73 Å². The van der Waals surface area contributed by atoms with Gasteiger partial charge >= 0.3 is 0 Å². The van der Waals surface area contributed by atoms with Crippen LogP contribution in [0.15, 0.2) is 35.1 Å². The zero-order chi connectivity index (χ0) is 12.3. The zero-order valence-corrected chi connectivity index (χ0v) is 10.4. The van der Waals surface area contributed by atoms with E-state index >= 15 is 0 Å². The normalized spacial score (nSPS) is 10.2. The van der Waals surface area contributed by atoms with Crippen LogP contribution in [0, 0.1) is 0 Å². The molecule has 2 aromatic rings. The maximum absolute atomic E-state index is 6.09. The molecule has 0 radical (unpaired) electrons. The molecule has 1 heterocycles. The number of nitrogens with one attached hydrogen (secondary N) is 1. The highest BCUT2D eigenvalue weighted by Crippen LogP contribution is 2.23. The molecule has 0 atom stereocenters. The molecule has 0 fully saturated rings. The number of nitrogens with zero attached hydrogens (tertiary/aromatic N) is 1. The van der Waals surface area contributed by atoms with Gasteiger partial charge in [-0.2, -0.15) is 0 Å². The van der Waals surface area contributed by atoms with Gasteiger partial charge in [-0.05, 0) is 18.2 Å². The highest BCUT2D eigenvalue weighted by molar-refractivity contribution is 7.80. The van der Waals surface area contributed by atoms with Crippen LogP contribution in [0.3, 0.4) is 0 Å². The van der Waals surface area contributed by atoms with Gasteiger partial charge in [0.15, 0.2) is 0 Å². The van der Waals surface area contributed by atoms with Crippen LogP contribution in [0.5, 0.6) is 0 Å². The molecular formula is C11H10ClN3OS. The fourth-order valence-corrected chi connectivity index (χ4v) is 1.70. The van der Waals surface area contributed by atoms with Crippen molar-refractivity contribution in [3.8, 4) is 0 Å². The summed E-state index contributed by atoms with van der Waals surface area (Å²) in [5.41, 5.74) is 7.87. The van der Waals surface area contributed by atoms with Crippen molar-refractivity contribution in [1.29, 1.82) is 0 Å². The molecule has 0 aliphatic carbocycles. The number of hydrogen-bond acceptors (Lipinski definition) is 4. The van der Waals surface area contributed by atoms with Gasteiger partial charge in [0.1, 0.15) is 16.9 Å². The minimum absolute atomic E-state index is 0.329. The second-order valence-electron chi connectivity index (χ2n) is 3.40. The zero-order valence-electron chi connectivity index (χ0n) is 8.81. The van der Waals surface area contributed by atoms with Gasteiger partial charge in [0.25, 0.3) is 0 Å². The van der Waals surface area contributed by atoms with E-state index in [2.05, 4.69) is 10.5 Å². The molecule has 0 aliphatic rings. The van der Waals surface area contributed by atoms with Gasteiger partial charge in [0.2, 0.25) is 0 Å². The largest absolute Gasteiger partial charge is 0.389 e. The molecule has 0 unspecified atom stereocenters. The van der Waals surface area contributed by atoms with Crippen LogP contribution in [0.25, 0.3) is 0 Å². The molecule has 3 N–H and O–H groups in total.